The molecule has 0 unspecified atom stereocenters. The maximum Gasteiger partial charge on any atom is 0.251 e. The zero-order valence-corrected chi connectivity index (χ0v) is 15.9. The normalized spacial score (nSPS) is 10.2. The number of hydrogen-bond donors (Lipinski definition) is 3. The summed E-state index contributed by atoms with van der Waals surface area (Å²) < 4.78 is 0. The molecule has 0 saturated heterocycles. The van der Waals surface area contributed by atoms with Crippen molar-refractivity contribution in [3.8, 4) is 0 Å². The number of anilines is 1. The minimum atomic E-state index is -0.319. The summed E-state index contributed by atoms with van der Waals surface area (Å²) in [6, 6.07) is 4.57. The number of rotatable bonds is 8. The monoisotopic (exact) mass is 414 g/mol. The number of benzene rings is 1. The highest BCUT2D eigenvalue weighted by atomic mass is 35.5. The van der Waals surface area contributed by atoms with Gasteiger partial charge in [-0.05, 0) is 18.2 Å². The Balaban J connectivity index is 1.61. The first kappa shape index (κ1) is 20.2. The molecule has 0 aliphatic heterocycles. The predicted molar refractivity (Wildman–Crippen MR) is 102 cm³/mol. The van der Waals surface area contributed by atoms with E-state index in [0.717, 1.165) is 0 Å². The van der Waals surface area contributed by atoms with Crippen molar-refractivity contribution in [2.75, 3.05) is 18.4 Å². The van der Waals surface area contributed by atoms with Crippen LogP contribution >= 0.6 is 34.5 Å². The summed E-state index contributed by atoms with van der Waals surface area (Å²) in [5, 5.41) is 10.8. The van der Waals surface area contributed by atoms with Gasteiger partial charge in [0.25, 0.3) is 5.91 Å². The van der Waals surface area contributed by atoms with Crippen molar-refractivity contribution in [2.24, 2.45) is 0 Å². The Kier molecular flexibility index (Phi) is 7.83. The van der Waals surface area contributed by atoms with Gasteiger partial charge in [-0.25, -0.2) is 4.98 Å². The van der Waals surface area contributed by atoms with Gasteiger partial charge in [0.1, 0.15) is 0 Å². The summed E-state index contributed by atoms with van der Waals surface area (Å²) >= 11 is 13.0. The number of halogens is 2. The van der Waals surface area contributed by atoms with Gasteiger partial charge in [0.15, 0.2) is 5.13 Å². The molecule has 26 heavy (non-hydrogen) atoms. The van der Waals surface area contributed by atoms with E-state index in [1.807, 2.05) is 0 Å². The molecule has 1 aromatic heterocycles. The second kappa shape index (κ2) is 10.1. The van der Waals surface area contributed by atoms with E-state index in [4.69, 9.17) is 23.2 Å². The van der Waals surface area contributed by atoms with Gasteiger partial charge in [-0.15, -0.1) is 11.3 Å². The first-order valence-corrected chi connectivity index (χ1v) is 9.28. The van der Waals surface area contributed by atoms with E-state index in [2.05, 4.69) is 20.9 Å². The third-order valence-corrected chi connectivity index (χ3v) is 4.60. The summed E-state index contributed by atoms with van der Waals surface area (Å²) in [5.41, 5.74) is 0.379. The molecule has 2 aromatic rings. The van der Waals surface area contributed by atoms with Crippen LogP contribution in [0, 0.1) is 0 Å². The largest absolute Gasteiger partial charge is 0.354 e. The quantitative estimate of drug-likeness (QED) is 0.578. The third-order valence-electron chi connectivity index (χ3n) is 3.17. The molecule has 0 radical (unpaired) electrons. The van der Waals surface area contributed by atoms with Gasteiger partial charge < -0.3 is 16.0 Å². The number of amides is 3. The summed E-state index contributed by atoms with van der Waals surface area (Å²) in [6.07, 6.45) is 1.69. The molecule has 138 valence electrons. The molecule has 2 rings (SSSR count). The van der Waals surface area contributed by atoms with Gasteiger partial charge in [-0.2, -0.15) is 0 Å². The van der Waals surface area contributed by atoms with Crippen LogP contribution in [-0.4, -0.2) is 35.8 Å². The van der Waals surface area contributed by atoms with Crippen molar-refractivity contribution < 1.29 is 14.4 Å². The average molecular weight is 415 g/mol. The lowest BCUT2D eigenvalue weighted by Gasteiger charge is -2.08. The number of hydrogen-bond acceptors (Lipinski definition) is 5. The van der Waals surface area contributed by atoms with E-state index in [0.29, 0.717) is 20.7 Å². The number of carbonyl (C=O) groups is 3. The fraction of sp³-hybridized carbons (Fsp3) is 0.250. The van der Waals surface area contributed by atoms with E-state index >= 15 is 0 Å². The van der Waals surface area contributed by atoms with E-state index in [-0.39, 0.29) is 43.7 Å². The summed E-state index contributed by atoms with van der Waals surface area (Å²) in [4.78, 5) is 39.2. The Morgan fingerprint density at radius 1 is 1.00 bits per heavy atom. The van der Waals surface area contributed by atoms with Gasteiger partial charge in [0.05, 0.1) is 10.0 Å². The van der Waals surface area contributed by atoms with Gasteiger partial charge >= 0.3 is 0 Å². The average Bonchev–Trinajstić information content (AvgIpc) is 3.12. The fourth-order valence-corrected chi connectivity index (χ4v) is 2.74. The molecule has 0 saturated carbocycles. The van der Waals surface area contributed by atoms with Crippen LogP contribution in [0.4, 0.5) is 5.13 Å². The van der Waals surface area contributed by atoms with Crippen LogP contribution < -0.4 is 16.0 Å². The van der Waals surface area contributed by atoms with Crippen LogP contribution in [0.5, 0.6) is 0 Å². The number of aromatic nitrogens is 1. The zero-order chi connectivity index (χ0) is 18.9. The fourth-order valence-electron chi connectivity index (χ4n) is 1.90. The molecule has 0 aliphatic rings. The molecule has 0 bridgehead atoms. The number of thiazole rings is 1. The first-order chi connectivity index (χ1) is 12.5. The zero-order valence-electron chi connectivity index (χ0n) is 13.6. The standard InChI is InChI=1S/C16H16Cl2N4O3S/c17-11-2-1-10(9-12(11)18)15(25)20-6-5-19-13(23)3-4-14(24)22-16-21-7-8-26-16/h1-2,7-9H,3-6H2,(H,19,23)(H,20,25)(H,21,22,24). The number of nitrogens with one attached hydrogen (secondary N) is 3. The topological polar surface area (TPSA) is 100 Å². The Hall–Kier alpha value is -2.16. The predicted octanol–water partition coefficient (Wildman–Crippen LogP) is 2.71. The van der Waals surface area contributed by atoms with Crippen LogP contribution in [0.2, 0.25) is 10.0 Å². The SMILES string of the molecule is O=C(CCC(=O)Nc1nccs1)NCCNC(=O)c1ccc(Cl)c(Cl)c1. The highest BCUT2D eigenvalue weighted by Gasteiger charge is 2.09. The molecule has 0 fully saturated rings. The van der Waals surface area contributed by atoms with Gasteiger partial charge in [-0.1, -0.05) is 23.2 Å². The van der Waals surface area contributed by atoms with Crippen LogP contribution in [0.3, 0.4) is 0 Å². The minimum absolute atomic E-state index is 0.0535. The molecule has 0 atom stereocenters. The Morgan fingerprint density at radius 2 is 1.73 bits per heavy atom. The summed E-state index contributed by atoms with van der Waals surface area (Å²) in [7, 11) is 0. The molecule has 0 aliphatic carbocycles. The number of carbonyl (C=O) groups excluding carboxylic acids is 3. The lowest BCUT2D eigenvalue weighted by molar-refractivity contribution is -0.124. The molecule has 3 N–H and O–H groups in total. The van der Waals surface area contributed by atoms with Crippen LogP contribution in [0.25, 0.3) is 0 Å². The van der Waals surface area contributed by atoms with Crippen LogP contribution in [0.15, 0.2) is 29.8 Å². The van der Waals surface area contributed by atoms with Crippen LogP contribution in [0.1, 0.15) is 23.2 Å². The van der Waals surface area contributed by atoms with E-state index < -0.39 is 0 Å². The lowest BCUT2D eigenvalue weighted by Crippen LogP contribution is -2.34. The van der Waals surface area contributed by atoms with Crippen molar-refractivity contribution in [3.63, 3.8) is 0 Å². The van der Waals surface area contributed by atoms with E-state index in [1.165, 1.54) is 23.5 Å². The van der Waals surface area contributed by atoms with Crippen molar-refractivity contribution in [1.29, 1.82) is 0 Å². The highest BCUT2D eigenvalue weighted by Crippen LogP contribution is 2.22. The molecular formula is C16H16Cl2N4O3S. The van der Waals surface area contributed by atoms with Gasteiger partial charge in [0, 0.05) is 43.1 Å². The van der Waals surface area contributed by atoms with Crippen molar-refractivity contribution in [1.82, 2.24) is 15.6 Å². The molecule has 10 heteroatoms. The summed E-state index contributed by atoms with van der Waals surface area (Å²) in [6.45, 7) is 0.496. The molecule has 7 nitrogen and oxygen atoms in total. The Labute approximate surface area is 164 Å². The highest BCUT2D eigenvalue weighted by molar-refractivity contribution is 7.13. The molecular weight excluding hydrogens is 399 g/mol. The van der Waals surface area contributed by atoms with E-state index in [9.17, 15) is 14.4 Å². The third kappa shape index (κ3) is 6.62. The number of nitrogens with zero attached hydrogens (tertiary/aromatic N) is 1. The Morgan fingerprint density at radius 3 is 2.42 bits per heavy atom. The van der Waals surface area contributed by atoms with E-state index in [1.54, 1.807) is 17.6 Å². The Bertz CT molecular complexity index is 784. The summed E-state index contributed by atoms with van der Waals surface area (Å²) in [5.74, 6) is -0.869. The smallest absolute Gasteiger partial charge is 0.251 e. The van der Waals surface area contributed by atoms with Crippen molar-refractivity contribution in [3.05, 3.63) is 45.4 Å². The lowest BCUT2D eigenvalue weighted by atomic mass is 10.2. The van der Waals surface area contributed by atoms with Crippen LogP contribution in [-0.2, 0) is 9.59 Å². The molecule has 1 aromatic carbocycles. The molecule has 1 heterocycles. The molecule has 3 amide bonds. The second-order valence-corrected chi connectivity index (χ2v) is 6.83. The van der Waals surface area contributed by atoms with Gasteiger partial charge in [-0.3, -0.25) is 14.4 Å². The van der Waals surface area contributed by atoms with Gasteiger partial charge in [0.2, 0.25) is 11.8 Å². The van der Waals surface area contributed by atoms with Crippen molar-refractivity contribution >= 4 is 57.4 Å². The second-order valence-electron chi connectivity index (χ2n) is 5.12. The van der Waals surface area contributed by atoms with Crippen molar-refractivity contribution in [2.45, 2.75) is 12.8 Å². The maximum absolute atomic E-state index is 11.9. The minimum Gasteiger partial charge on any atom is -0.354 e. The first-order valence-electron chi connectivity index (χ1n) is 7.65. The molecule has 0 spiro atoms. The maximum atomic E-state index is 11.9.